The average Bonchev–Trinajstić information content (AvgIpc) is 2.90. The molecule has 1 aromatic rings. The molecule has 0 radical (unpaired) electrons. The largest absolute Gasteiger partial charge is 0.479 e. The van der Waals surface area contributed by atoms with Gasteiger partial charge in [0.2, 0.25) is 0 Å². The maximum Gasteiger partial charge on any atom is 0.332 e. The number of nitrogens with zero attached hydrogens (tertiary/aromatic N) is 1. The minimum atomic E-state index is -1.06. The number of likely N-dealkylation sites (N-methyl/N-ethyl adjacent to an activating group) is 1. The highest BCUT2D eigenvalue weighted by Gasteiger charge is 2.36. The molecule has 6 heteroatoms. The molecule has 0 aromatic heterocycles. The first-order valence-electron chi connectivity index (χ1n) is 6.35. The van der Waals surface area contributed by atoms with E-state index in [9.17, 15) is 14.0 Å². The molecule has 2 rings (SSSR count). The standard InChI is InChI=1S/C14H16FNO4/c1-16(8-9-4-2-3-5-10(9)15)13(17)11-6-7-12(20-11)14(18)19/h2-5,11-12H,6-8H2,1H3,(H,18,19)/t11-,12+/m0/s1. The first-order valence-corrected chi connectivity index (χ1v) is 6.35. The number of benzene rings is 1. The first-order chi connectivity index (χ1) is 9.49. The molecular formula is C14H16FNO4. The third-order valence-electron chi connectivity index (χ3n) is 3.31. The third kappa shape index (κ3) is 3.14. The second kappa shape index (κ2) is 6.00. The number of halogens is 1. The van der Waals surface area contributed by atoms with Gasteiger partial charge in [-0.2, -0.15) is 0 Å². The van der Waals surface area contributed by atoms with Crippen molar-refractivity contribution in [2.75, 3.05) is 7.05 Å². The zero-order chi connectivity index (χ0) is 14.7. The fourth-order valence-corrected chi connectivity index (χ4v) is 2.21. The summed E-state index contributed by atoms with van der Waals surface area (Å²) in [5, 5.41) is 8.82. The lowest BCUT2D eigenvalue weighted by Gasteiger charge is -2.21. The summed E-state index contributed by atoms with van der Waals surface area (Å²) < 4.78 is 18.7. The molecule has 1 fully saturated rings. The molecule has 0 spiro atoms. The minimum Gasteiger partial charge on any atom is -0.479 e. The van der Waals surface area contributed by atoms with Crippen molar-refractivity contribution in [2.24, 2.45) is 0 Å². The molecule has 2 atom stereocenters. The molecule has 1 aliphatic heterocycles. The van der Waals surface area contributed by atoms with Gasteiger partial charge in [-0.25, -0.2) is 9.18 Å². The Labute approximate surface area is 116 Å². The van der Waals surface area contributed by atoms with Gasteiger partial charge < -0.3 is 14.7 Å². The number of carbonyl (C=O) groups is 2. The van der Waals surface area contributed by atoms with Gasteiger partial charge in [-0.1, -0.05) is 18.2 Å². The summed E-state index contributed by atoms with van der Waals surface area (Å²) in [5.41, 5.74) is 0.413. The Morgan fingerprint density at radius 1 is 1.35 bits per heavy atom. The van der Waals surface area contributed by atoms with Gasteiger partial charge in [0.15, 0.2) is 6.10 Å². The van der Waals surface area contributed by atoms with Crippen molar-refractivity contribution >= 4 is 11.9 Å². The smallest absolute Gasteiger partial charge is 0.332 e. The number of carboxylic acid groups (broad SMARTS) is 1. The van der Waals surface area contributed by atoms with Crippen LogP contribution in [0.4, 0.5) is 4.39 Å². The van der Waals surface area contributed by atoms with Crippen LogP contribution in [0.1, 0.15) is 18.4 Å². The molecule has 1 N–H and O–H groups in total. The van der Waals surface area contributed by atoms with Crippen LogP contribution < -0.4 is 0 Å². The summed E-state index contributed by atoms with van der Waals surface area (Å²) in [5.74, 6) is -1.75. The second-order valence-corrected chi connectivity index (χ2v) is 4.81. The van der Waals surface area contributed by atoms with E-state index in [4.69, 9.17) is 9.84 Å². The molecule has 20 heavy (non-hydrogen) atoms. The number of carboxylic acids is 1. The number of rotatable bonds is 4. The Hall–Kier alpha value is -1.95. The Morgan fingerprint density at radius 2 is 2.00 bits per heavy atom. The van der Waals surface area contributed by atoms with Gasteiger partial charge in [0, 0.05) is 19.2 Å². The van der Waals surface area contributed by atoms with Crippen LogP contribution in [-0.2, 0) is 20.9 Å². The SMILES string of the molecule is CN(Cc1ccccc1F)C(=O)[C@@H]1CC[C@H](C(=O)O)O1. The van der Waals surface area contributed by atoms with Crippen LogP contribution in [-0.4, -0.2) is 41.1 Å². The van der Waals surface area contributed by atoms with E-state index in [1.807, 2.05) is 0 Å². The molecule has 1 aliphatic rings. The molecule has 0 unspecified atom stereocenters. The van der Waals surface area contributed by atoms with Crippen molar-refractivity contribution in [3.05, 3.63) is 35.6 Å². The Bertz CT molecular complexity index is 520. The van der Waals surface area contributed by atoms with Gasteiger partial charge >= 0.3 is 5.97 Å². The van der Waals surface area contributed by atoms with Gasteiger partial charge in [0.05, 0.1) is 0 Å². The van der Waals surface area contributed by atoms with Crippen molar-refractivity contribution < 1.29 is 23.8 Å². The van der Waals surface area contributed by atoms with Gasteiger partial charge in [-0.15, -0.1) is 0 Å². The first kappa shape index (κ1) is 14.5. The third-order valence-corrected chi connectivity index (χ3v) is 3.31. The summed E-state index contributed by atoms with van der Waals surface area (Å²) in [4.78, 5) is 24.2. The highest BCUT2D eigenvalue weighted by atomic mass is 19.1. The van der Waals surface area contributed by atoms with E-state index in [0.717, 1.165) is 0 Å². The Morgan fingerprint density at radius 3 is 2.60 bits per heavy atom. The monoisotopic (exact) mass is 281 g/mol. The van der Waals surface area contributed by atoms with Crippen molar-refractivity contribution in [1.29, 1.82) is 0 Å². The van der Waals surface area contributed by atoms with E-state index in [1.165, 1.54) is 11.0 Å². The van der Waals surface area contributed by atoms with E-state index >= 15 is 0 Å². The van der Waals surface area contributed by atoms with Crippen LogP contribution >= 0.6 is 0 Å². The van der Waals surface area contributed by atoms with Crippen molar-refractivity contribution in [1.82, 2.24) is 4.90 Å². The molecule has 1 saturated heterocycles. The van der Waals surface area contributed by atoms with Crippen molar-refractivity contribution in [2.45, 2.75) is 31.6 Å². The zero-order valence-corrected chi connectivity index (χ0v) is 11.1. The van der Waals surface area contributed by atoms with Gasteiger partial charge in [-0.3, -0.25) is 4.79 Å². The van der Waals surface area contributed by atoms with Crippen LogP contribution in [0.15, 0.2) is 24.3 Å². The van der Waals surface area contributed by atoms with E-state index < -0.39 is 18.2 Å². The number of carbonyl (C=O) groups excluding carboxylic acids is 1. The van der Waals surface area contributed by atoms with Crippen LogP contribution in [0.3, 0.4) is 0 Å². The minimum absolute atomic E-state index is 0.128. The highest BCUT2D eigenvalue weighted by Crippen LogP contribution is 2.22. The van der Waals surface area contributed by atoms with E-state index in [2.05, 4.69) is 0 Å². The Balaban J connectivity index is 1.96. The van der Waals surface area contributed by atoms with Crippen molar-refractivity contribution in [3.63, 3.8) is 0 Å². The molecule has 1 aromatic carbocycles. The maximum atomic E-state index is 13.5. The molecule has 0 aliphatic carbocycles. The number of aliphatic carboxylic acids is 1. The highest BCUT2D eigenvalue weighted by molar-refractivity contribution is 5.82. The molecule has 1 heterocycles. The van der Waals surface area contributed by atoms with Crippen LogP contribution in [0.2, 0.25) is 0 Å². The average molecular weight is 281 g/mol. The van der Waals surface area contributed by atoms with E-state index in [1.54, 1.807) is 25.2 Å². The summed E-state index contributed by atoms with van der Waals surface area (Å²) in [6, 6.07) is 6.22. The molecule has 5 nitrogen and oxygen atoms in total. The summed E-state index contributed by atoms with van der Waals surface area (Å²) >= 11 is 0. The molecular weight excluding hydrogens is 265 g/mol. The second-order valence-electron chi connectivity index (χ2n) is 4.81. The molecule has 0 bridgehead atoms. The Kier molecular flexibility index (Phi) is 4.34. The maximum absolute atomic E-state index is 13.5. The lowest BCUT2D eigenvalue weighted by molar-refractivity contribution is -0.154. The van der Waals surface area contributed by atoms with Crippen LogP contribution in [0, 0.1) is 5.82 Å². The summed E-state index contributed by atoms with van der Waals surface area (Å²) in [6.07, 6.45) is -0.991. The fourth-order valence-electron chi connectivity index (χ4n) is 2.21. The van der Waals surface area contributed by atoms with Gasteiger partial charge in [-0.05, 0) is 18.9 Å². The van der Waals surface area contributed by atoms with Crippen LogP contribution in [0.25, 0.3) is 0 Å². The number of ether oxygens (including phenoxy) is 1. The van der Waals surface area contributed by atoms with Crippen LogP contribution in [0.5, 0.6) is 0 Å². The number of hydrogen-bond donors (Lipinski definition) is 1. The number of hydrogen-bond acceptors (Lipinski definition) is 3. The molecule has 1 amide bonds. The quantitative estimate of drug-likeness (QED) is 0.906. The lowest BCUT2D eigenvalue weighted by atomic mass is 10.1. The normalized spacial score (nSPS) is 21.7. The zero-order valence-electron chi connectivity index (χ0n) is 11.1. The predicted octanol–water partition coefficient (Wildman–Crippen LogP) is 1.42. The molecule has 108 valence electrons. The van der Waals surface area contributed by atoms with E-state index in [-0.39, 0.29) is 18.3 Å². The summed E-state index contributed by atoms with van der Waals surface area (Å²) in [7, 11) is 1.55. The number of amides is 1. The van der Waals surface area contributed by atoms with Gasteiger partial charge in [0.1, 0.15) is 11.9 Å². The summed E-state index contributed by atoms with van der Waals surface area (Å²) in [6.45, 7) is 0.128. The van der Waals surface area contributed by atoms with E-state index in [0.29, 0.717) is 18.4 Å². The topological polar surface area (TPSA) is 66.8 Å². The molecule has 0 saturated carbocycles. The fraction of sp³-hybridized carbons (Fsp3) is 0.429. The van der Waals surface area contributed by atoms with Crippen molar-refractivity contribution in [3.8, 4) is 0 Å². The lowest BCUT2D eigenvalue weighted by Crippen LogP contribution is -2.37. The van der Waals surface area contributed by atoms with Gasteiger partial charge in [0.25, 0.3) is 5.91 Å². The predicted molar refractivity (Wildman–Crippen MR) is 68.4 cm³/mol.